The number of piperidine rings is 1. The average molecular weight is 347 g/mol. The quantitative estimate of drug-likeness (QED) is 0.858. The Morgan fingerprint density at radius 3 is 2.92 bits per heavy atom. The van der Waals surface area contributed by atoms with Gasteiger partial charge in [-0.05, 0) is 37.4 Å². The van der Waals surface area contributed by atoms with Crippen molar-refractivity contribution < 1.29 is 14.3 Å². The van der Waals surface area contributed by atoms with Gasteiger partial charge in [0.25, 0.3) is 0 Å². The number of hydrogen-bond acceptors (Lipinski definition) is 4. The lowest BCUT2D eigenvalue weighted by Crippen LogP contribution is -2.53. The third-order valence-corrected chi connectivity index (χ3v) is 4.54. The van der Waals surface area contributed by atoms with Crippen molar-refractivity contribution in [3.63, 3.8) is 0 Å². The number of nitrogens with zero attached hydrogens (tertiary/aromatic N) is 1. The summed E-state index contributed by atoms with van der Waals surface area (Å²) in [5, 5.41) is 6.02. The number of urea groups is 1. The van der Waals surface area contributed by atoms with Crippen molar-refractivity contribution in [3.05, 3.63) is 24.3 Å². The second-order valence-electron chi connectivity index (χ2n) is 7.34. The third kappa shape index (κ3) is 5.26. The minimum absolute atomic E-state index is 0.0309. The van der Waals surface area contributed by atoms with Crippen LogP contribution in [-0.2, 0) is 0 Å². The van der Waals surface area contributed by atoms with Gasteiger partial charge < -0.3 is 20.1 Å². The highest BCUT2D eigenvalue weighted by atomic mass is 16.6. The number of carbonyl (C=O) groups excluding carboxylic acids is 1. The van der Waals surface area contributed by atoms with Gasteiger partial charge in [-0.25, -0.2) is 4.79 Å². The maximum Gasteiger partial charge on any atom is 0.315 e. The summed E-state index contributed by atoms with van der Waals surface area (Å²) in [7, 11) is 0. The molecule has 1 aromatic rings. The van der Waals surface area contributed by atoms with Crippen LogP contribution in [0.3, 0.4) is 0 Å². The van der Waals surface area contributed by atoms with Gasteiger partial charge in [-0.15, -0.1) is 0 Å². The van der Waals surface area contributed by atoms with Gasteiger partial charge in [-0.3, -0.25) is 4.90 Å². The second-order valence-corrected chi connectivity index (χ2v) is 7.34. The van der Waals surface area contributed by atoms with E-state index in [0.717, 1.165) is 44.0 Å². The summed E-state index contributed by atoms with van der Waals surface area (Å²) in [5.74, 6) is 2.09. The molecule has 2 N–H and O–H groups in total. The van der Waals surface area contributed by atoms with E-state index in [-0.39, 0.29) is 18.2 Å². The molecule has 2 unspecified atom stereocenters. The highest BCUT2D eigenvalue weighted by molar-refractivity contribution is 5.74. The summed E-state index contributed by atoms with van der Waals surface area (Å²) < 4.78 is 11.8. The lowest BCUT2D eigenvalue weighted by atomic mass is 10.1. The van der Waals surface area contributed by atoms with Crippen molar-refractivity contribution in [3.8, 4) is 11.5 Å². The summed E-state index contributed by atoms with van der Waals surface area (Å²) in [5.41, 5.74) is 0. The molecule has 0 bridgehead atoms. The van der Waals surface area contributed by atoms with Crippen LogP contribution in [0.4, 0.5) is 4.79 Å². The Morgan fingerprint density at radius 1 is 1.32 bits per heavy atom. The van der Waals surface area contributed by atoms with E-state index in [9.17, 15) is 4.79 Å². The molecule has 0 aliphatic carbocycles. The molecule has 0 radical (unpaired) electrons. The molecule has 6 heteroatoms. The SMILES string of the molecule is CC(C)CNC(=O)NC1CCCN(CC2COc3ccccc3O2)C1. The molecular formula is C19H29N3O3. The van der Waals surface area contributed by atoms with E-state index in [1.54, 1.807) is 0 Å². The molecule has 25 heavy (non-hydrogen) atoms. The largest absolute Gasteiger partial charge is 0.486 e. The first-order valence-corrected chi connectivity index (χ1v) is 9.25. The molecule has 2 aliphatic rings. The predicted octanol–water partition coefficient (Wildman–Crippen LogP) is 2.25. The number of para-hydroxylation sites is 2. The number of likely N-dealkylation sites (tertiary alicyclic amines) is 1. The van der Waals surface area contributed by atoms with Gasteiger partial charge >= 0.3 is 6.03 Å². The van der Waals surface area contributed by atoms with Gasteiger partial charge in [0.05, 0.1) is 0 Å². The first-order valence-electron chi connectivity index (χ1n) is 9.25. The zero-order chi connectivity index (χ0) is 17.6. The Morgan fingerprint density at radius 2 is 2.12 bits per heavy atom. The molecule has 138 valence electrons. The Hall–Kier alpha value is -1.95. The van der Waals surface area contributed by atoms with Crippen molar-refractivity contribution in [1.29, 1.82) is 0 Å². The number of amides is 2. The normalized spacial score (nSPS) is 23.3. The standard InChI is InChI=1S/C19H29N3O3/c1-14(2)10-20-19(23)21-15-6-5-9-22(11-15)12-16-13-24-17-7-3-4-8-18(17)25-16/h3-4,7-8,14-16H,5-6,9-13H2,1-2H3,(H2,20,21,23). The van der Waals surface area contributed by atoms with E-state index in [0.29, 0.717) is 19.1 Å². The average Bonchev–Trinajstić information content (AvgIpc) is 2.60. The molecule has 0 saturated carbocycles. The van der Waals surface area contributed by atoms with Gasteiger partial charge in [0.15, 0.2) is 11.5 Å². The van der Waals surface area contributed by atoms with Gasteiger partial charge in [0, 0.05) is 25.7 Å². The molecular weight excluding hydrogens is 318 g/mol. The predicted molar refractivity (Wildman–Crippen MR) is 97.2 cm³/mol. The summed E-state index contributed by atoms with van der Waals surface area (Å²) >= 11 is 0. The topological polar surface area (TPSA) is 62.8 Å². The molecule has 3 rings (SSSR count). The number of hydrogen-bond donors (Lipinski definition) is 2. The van der Waals surface area contributed by atoms with E-state index in [2.05, 4.69) is 29.4 Å². The second kappa shape index (κ2) is 8.43. The Balaban J connectivity index is 1.45. The highest BCUT2D eigenvalue weighted by Gasteiger charge is 2.27. The third-order valence-electron chi connectivity index (χ3n) is 4.54. The van der Waals surface area contributed by atoms with E-state index in [1.165, 1.54) is 0 Å². The first-order chi connectivity index (χ1) is 12.1. The minimum atomic E-state index is -0.0632. The van der Waals surface area contributed by atoms with Crippen LogP contribution in [0.2, 0.25) is 0 Å². The first kappa shape index (κ1) is 17.9. The van der Waals surface area contributed by atoms with Crippen molar-refractivity contribution in [2.24, 2.45) is 5.92 Å². The highest BCUT2D eigenvalue weighted by Crippen LogP contribution is 2.31. The van der Waals surface area contributed by atoms with Crippen LogP contribution in [0.15, 0.2) is 24.3 Å². The summed E-state index contributed by atoms with van der Waals surface area (Å²) in [6, 6.07) is 7.92. The number of carbonyl (C=O) groups is 1. The maximum absolute atomic E-state index is 12.0. The van der Waals surface area contributed by atoms with Crippen LogP contribution in [0.1, 0.15) is 26.7 Å². The summed E-state index contributed by atoms with van der Waals surface area (Å²) in [6.45, 7) is 8.17. The number of benzene rings is 1. The monoisotopic (exact) mass is 347 g/mol. The number of rotatable bonds is 5. The van der Waals surface area contributed by atoms with Crippen LogP contribution in [0, 0.1) is 5.92 Å². The zero-order valence-corrected chi connectivity index (χ0v) is 15.2. The molecule has 2 heterocycles. The van der Waals surface area contributed by atoms with Gasteiger partial charge in [0.1, 0.15) is 12.7 Å². The summed E-state index contributed by atoms with van der Waals surface area (Å²) in [6.07, 6.45) is 2.14. The van der Waals surface area contributed by atoms with Crippen LogP contribution in [-0.4, -0.2) is 55.9 Å². The molecule has 2 atom stereocenters. The fourth-order valence-electron chi connectivity index (χ4n) is 3.31. The van der Waals surface area contributed by atoms with Crippen LogP contribution in [0.25, 0.3) is 0 Å². The van der Waals surface area contributed by atoms with Gasteiger partial charge in [-0.2, -0.15) is 0 Å². The van der Waals surface area contributed by atoms with Crippen LogP contribution in [0.5, 0.6) is 11.5 Å². The van der Waals surface area contributed by atoms with Gasteiger partial charge in [-0.1, -0.05) is 26.0 Å². The Kier molecular flexibility index (Phi) is 6.02. The zero-order valence-electron chi connectivity index (χ0n) is 15.2. The minimum Gasteiger partial charge on any atom is -0.486 e. The number of ether oxygens (including phenoxy) is 2. The van der Waals surface area contributed by atoms with Crippen molar-refractivity contribution >= 4 is 6.03 Å². The Labute approximate surface area is 149 Å². The smallest absolute Gasteiger partial charge is 0.315 e. The molecule has 0 aromatic heterocycles. The molecule has 6 nitrogen and oxygen atoms in total. The van der Waals surface area contributed by atoms with Crippen LogP contribution < -0.4 is 20.1 Å². The van der Waals surface area contributed by atoms with Crippen molar-refractivity contribution in [2.75, 3.05) is 32.8 Å². The molecule has 1 saturated heterocycles. The Bertz CT molecular complexity index is 579. The lowest BCUT2D eigenvalue weighted by Gasteiger charge is -2.36. The molecule has 1 fully saturated rings. The van der Waals surface area contributed by atoms with E-state index in [4.69, 9.17) is 9.47 Å². The molecule has 0 spiro atoms. The van der Waals surface area contributed by atoms with E-state index in [1.807, 2.05) is 24.3 Å². The van der Waals surface area contributed by atoms with Crippen molar-refractivity contribution in [1.82, 2.24) is 15.5 Å². The van der Waals surface area contributed by atoms with E-state index >= 15 is 0 Å². The molecule has 1 aromatic carbocycles. The number of fused-ring (bicyclic) bond motifs is 1. The molecule has 2 amide bonds. The molecule has 2 aliphatic heterocycles. The van der Waals surface area contributed by atoms with Gasteiger partial charge in [0.2, 0.25) is 0 Å². The number of nitrogens with one attached hydrogen (secondary N) is 2. The fourth-order valence-corrected chi connectivity index (χ4v) is 3.31. The fraction of sp³-hybridized carbons (Fsp3) is 0.632. The summed E-state index contributed by atoms with van der Waals surface area (Å²) in [4.78, 5) is 14.3. The van der Waals surface area contributed by atoms with Crippen molar-refractivity contribution in [2.45, 2.75) is 38.8 Å². The lowest BCUT2D eigenvalue weighted by molar-refractivity contribution is 0.0493. The van der Waals surface area contributed by atoms with E-state index < -0.39 is 0 Å². The maximum atomic E-state index is 12.0. The van der Waals surface area contributed by atoms with Crippen LogP contribution >= 0.6 is 0 Å².